The van der Waals surface area contributed by atoms with Crippen LogP contribution < -0.4 is 5.32 Å². The quantitative estimate of drug-likeness (QED) is 0.866. The van der Waals surface area contributed by atoms with Gasteiger partial charge < -0.3 is 4.90 Å². The third-order valence-corrected chi connectivity index (χ3v) is 4.83. The molecule has 1 N–H and O–H groups in total. The highest BCUT2D eigenvalue weighted by atomic mass is 32.2. The highest BCUT2D eigenvalue weighted by Crippen LogP contribution is 2.38. The van der Waals surface area contributed by atoms with Gasteiger partial charge in [-0.1, -0.05) is 26.7 Å². The Morgan fingerprint density at radius 2 is 2.00 bits per heavy atom. The fraction of sp³-hybridized carbons (Fsp3) is 0.923. The predicted molar refractivity (Wildman–Crippen MR) is 73.2 cm³/mol. The van der Waals surface area contributed by atoms with Crippen LogP contribution in [0.25, 0.3) is 0 Å². The van der Waals surface area contributed by atoms with Gasteiger partial charge >= 0.3 is 5.51 Å². The lowest BCUT2D eigenvalue weighted by Crippen LogP contribution is -2.45. The molecule has 116 valence electrons. The van der Waals surface area contributed by atoms with Gasteiger partial charge in [-0.05, 0) is 30.5 Å². The first-order valence-corrected chi connectivity index (χ1v) is 8.03. The number of amides is 1. The summed E-state index contributed by atoms with van der Waals surface area (Å²) in [6.07, 6.45) is 3.48. The number of halogens is 3. The van der Waals surface area contributed by atoms with Crippen LogP contribution in [0.1, 0.15) is 39.5 Å². The third-order valence-electron chi connectivity index (χ3n) is 4.12. The van der Waals surface area contributed by atoms with E-state index < -0.39 is 11.0 Å². The third kappa shape index (κ3) is 3.24. The van der Waals surface area contributed by atoms with E-state index in [9.17, 15) is 18.0 Å². The first-order valence-electron chi connectivity index (χ1n) is 7.05. The van der Waals surface area contributed by atoms with Crippen LogP contribution >= 0.6 is 11.8 Å². The SMILES string of the molecule is CC(C)C1NC2(CCCC2)C(=O)N1CCSC(F)(F)F. The summed E-state index contributed by atoms with van der Waals surface area (Å²) in [4.78, 5) is 14.2. The van der Waals surface area contributed by atoms with Crippen molar-refractivity contribution in [3.05, 3.63) is 0 Å². The van der Waals surface area contributed by atoms with Crippen LogP contribution in [0.4, 0.5) is 13.2 Å². The fourth-order valence-corrected chi connectivity index (χ4v) is 3.71. The van der Waals surface area contributed by atoms with Crippen molar-refractivity contribution in [1.82, 2.24) is 10.2 Å². The Kier molecular flexibility index (Phi) is 4.59. The molecular weight excluding hydrogens is 289 g/mol. The number of carbonyl (C=O) groups excluding carboxylic acids is 1. The molecule has 1 unspecified atom stereocenters. The molecule has 1 saturated carbocycles. The molecule has 7 heteroatoms. The highest BCUT2D eigenvalue weighted by Gasteiger charge is 2.52. The highest BCUT2D eigenvalue weighted by molar-refractivity contribution is 8.00. The van der Waals surface area contributed by atoms with Gasteiger partial charge in [0.05, 0.1) is 11.7 Å². The average molecular weight is 310 g/mol. The van der Waals surface area contributed by atoms with Gasteiger partial charge in [-0.25, -0.2) is 0 Å². The molecule has 2 aliphatic rings. The molecule has 1 spiro atoms. The van der Waals surface area contributed by atoms with Crippen molar-refractivity contribution in [2.45, 2.75) is 56.7 Å². The number of hydrogen-bond donors (Lipinski definition) is 1. The molecule has 3 nitrogen and oxygen atoms in total. The second-order valence-electron chi connectivity index (χ2n) is 5.92. The van der Waals surface area contributed by atoms with Crippen molar-refractivity contribution in [3.63, 3.8) is 0 Å². The van der Waals surface area contributed by atoms with Crippen molar-refractivity contribution in [2.75, 3.05) is 12.3 Å². The van der Waals surface area contributed by atoms with Gasteiger partial charge in [0, 0.05) is 12.3 Å². The number of nitrogens with zero attached hydrogens (tertiary/aromatic N) is 1. The van der Waals surface area contributed by atoms with E-state index in [0.717, 1.165) is 25.7 Å². The second kappa shape index (κ2) is 5.75. The van der Waals surface area contributed by atoms with E-state index in [0.29, 0.717) is 0 Å². The van der Waals surface area contributed by atoms with Gasteiger partial charge in [0.2, 0.25) is 5.91 Å². The van der Waals surface area contributed by atoms with Crippen LogP contribution in [0.3, 0.4) is 0 Å². The molecule has 1 aliphatic carbocycles. The van der Waals surface area contributed by atoms with Crippen LogP contribution in [-0.4, -0.2) is 40.3 Å². The summed E-state index contributed by atoms with van der Waals surface area (Å²) < 4.78 is 36.7. The number of rotatable bonds is 4. The molecule has 1 heterocycles. The maximum Gasteiger partial charge on any atom is 0.441 e. The molecule has 2 rings (SSSR count). The van der Waals surface area contributed by atoms with E-state index in [2.05, 4.69) is 5.32 Å². The van der Waals surface area contributed by atoms with Crippen LogP contribution in [0.2, 0.25) is 0 Å². The minimum atomic E-state index is -4.23. The molecule has 2 fully saturated rings. The number of thioether (sulfide) groups is 1. The zero-order valence-corrected chi connectivity index (χ0v) is 12.6. The topological polar surface area (TPSA) is 32.3 Å². The predicted octanol–water partition coefficient (Wildman–Crippen LogP) is 2.97. The maximum absolute atomic E-state index is 12.6. The van der Waals surface area contributed by atoms with E-state index in [-0.39, 0.29) is 42.1 Å². The molecule has 0 aromatic carbocycles. The van der Waals surface area contributed by atoms with E-state index in [4.69, 9.17) is 0 Å². The Morgan fingerprint density at radius 3 is 2.50 bits per heavy atom. The molecule has 1 atom stereocenters. The van der Waals surface area contributed by atoms with Gasteiger partial charge in [0.1, 0.15) is 0 Å². The summed E-state index contributed by atoms with van der Waals surface area (Å²) in [5, 5.41) is 3.40. The smallest absolute Gasteiger partial charge is 0.324 e. The van der Waals surface area contributed by atoms with Gasteiger partial charge in [0.25, 0.3) is 0 Å². The summed E-state index contributed by atoms with van der Waals surface area (Å²) in [7, 11) is 0. The van der Waals surface area contributed by atoms with Crippen LogP contribution in [0.15, 0.2) is 0 Å². The number of carbonyl (C=O) groups is 1. The Hall–Kier alpha value is -0.430. The largest absolute Gasteiger partial charge is 0.441 e. The second-order valence-corrected chi connectivity index (χ2v) is 7.07. The van der Waals surface area contributed by atoms with Crippen LogP contribution in [0, 0.1) is 5.92 Å². The molecule has 0 aromatic rings. The molecule has 1 saturated heterocycles. The van der Waals surface area contributed by atoms with E-state index in [1.165, 1.54) is 0 Å². The maximum atomic E-state index is 12.6. The normalized spacial score (nSPS) is 26.2. The van der Waals surface area contributed by atoms with Gasteiger partial charge in [0.15, 0.2) is 0 Å². The Bertz CT molecular complexity index is 367. The first kappa shape index (κ1) is 15.9. The molecule has 20 heavy (non-hydrogen) atoms. The summed E-state index contributed by atoms with van der Waals surface area (Å²) in [6, 6.07) is 0. The van der Waals surface area contributed by atoms with Crippen molar-refractivity contribution in [3.8, 4) is 0 Å². The molecule has 0 radical (unpaired) electrons. The first-order chi connectivity index (χ1) is 9.25. The monoisotopic (exact) mass is 310 g/mol. The van der Waals surface area contributed by atoms with Gasteiger partial charge in [-0.2, -0.15) is 13.2 Å². The van der Waals surface area contributed by atoms with Crippen LogP contribution in [-0.2, 0) is 4.79 Å². The lowest BCUT2D eigenvalue weighted by Gasteiger charge is -2.27. The lowest BCUT2D eigenvalue weighted by molar-refractivity contribution is -0.133. The van der Waals surface area contributed by atoms with Crippen molar-refractivity contribution >= 4 is 17.7 Å². The minimum Gasteiger partial charge on any atom is -0.324 e. The number of hydrogen-bond acceptors (Lipinski definition) is 3. The van der Waals surface area contributed by atoms with E-state index >= 15 is 0 Å². The van der Waals surface area contributed by atoms with Crippen molar-refractivity contribution < 1.29 is 18.0 Å². The van der Waals surface area contributed by atoms with Gasteiger partial charge in [-0.15, -0.1) is 0 Å². The molecule has 1 amide bonds. The van der Waals surface area contributed by atoms with E-state index in [1.54, 1.807) is 4.90 Å². The lowest BCUT2D eigenvalue weighted by atomic mass is 9.98. The van der Waals surface area contributed by atoms with E-state index in [1.807, 2.05) is 13.8 Å². The molecule has 0 bridgehead atoms. The summed E-state index contributed by atoms with van der Waals surface area (Å²) in [5.74, 6) is 0.0854. The zero-order chi connectivity index (χ0) is 15.0. The standard InChI is InChI=1S/C13H21F3N2OS/c1-9(2)10-17-12(5-3-4-6-12)11(19)18(10)7-8-20-13(14,15)16/h9-10,17H,3-8H2,1-2H3. The average Bonchev–Trinajstić information content (AvgIpc) is 2.89. The molecule has 0 aromatic heterocycles. The Labute approximate surface area is 121 Å². The number of nitrogens with one attached hydrogen (secondary N) is 1. The van der Waals surface area contributed by atoms with Crippen LogP contribution in [0.5, 0.6) is 0 Å². The number of alkyl halides is 3. The zero-order valence-electron chi connectivity index (χ0n) is 11.8. The Morgan fingerprint density at radius 1 is 1.40 bits per heavy atom. The van der Waals surface area contributed by atoms with Crippen molar-refractivity contribution in [1.29, 1.82) is 0 Å². The summed E-state index contributed by atoms with van der Waals surface area (Å²) in [5.41, 5.74) is -4.73. The van der Waals surface area contributed by atoms with Gasteiger partial charge in [-0.3, -0.25) is 10.1 Å². The fourth-order valence-electron chi connectivity index (χ4n) is 3.19. The summed E-state index contributed by atoms with van der Waals surface area (Å²) in [6.45, 7) is 4.13. The summed E-state index contributed by atoms with van der Waals surface area (Å²) >= 11 is -0.0545. The van der Waals surface area contributed by atoms with Crippen molar-refractivity contribution in [2.24, 2.45) is 5.92 Å². The molecular formula is C13H21F3N2OS. The minimum absolute atomic E-state index is 0.00326. The Balaban J connectivity index is 2.02. The molecule has 1 aliphatic heterocycles.